The number of nitrogens with zero attached hydrogens (tertiary/aromatic N) is 3. The van der Waals surface area contributed by atoms with Crippen LogP contribution in [0.25, 0.3) is 0 Å². The smallest absolute Gasteiger partial charge is 0.322 e. The Morgan fingerprint density at radius 1 is 0.972 bits per heavy atom. The summed E-state index contributed by atoms with van der Waals surface area (Å²) in [4.78, 5) is 33.5. The fourth-order valence-corrected chi connectivity index (χ4v) is 5.14. The van der Waals surface area contributed by atoms with Crippen molar-refractivity contribution in [3.63, 3.8) is 0 Å². The van der Waals surface area contributed by atoms with Crippen molar-refractivity contribution in [3.8, 4) is 0 Å². The molecule has 4 rings (SSSR count). The summed E-state index contributed by atoms with van der Waals surface area (Å²) in [6.07, 6.45) is 2.33. The summed E-state index contributed by atoms with van der Waals surface area (Å²) in [6.45, 7) is 3.95. The Hall–Kier alpha value is -2.75. The minimum Gasteiger partial charge on any atom is -0.332 e. The van der Waals surface area contributed by atoms with Gasteiger partial charge in [-0.25, -0.2) is 9.18 Å². The van der Waals surface area contributed by atoms with Crippen molar-refractivity contribution in [3.05, 3.63) is 86.8 Å². The molecule has 0 spiro atoms. The zero-order valence-electron chi connectivity index (χ0n) is 20.0. The van der Waals surface area contributed by atoms with E-state index in [1.54, 1.807) is 33.3 Å². The molecule has 1 fully saturated rings. The first-order valence-corrected chi connectivity index (χ1v) is 13.7. The maximum absolute atomic E-state index is 13.6. The minimum atomic E-state index is -0.312. The van der Waals surface area contributed by atoms with Crippen molar-refractivity contribution < 1.29 is 14.0 Å². The van der Waals surface area contributed by atoms with E-state index in [0.29, 0.717) is 25.3 Å². The molecule has 0 atom stereocenters. The molecule has 0 saturated carbocycles. The van der Waals surface area contributed by atoms with Gasteiger partial charge in [0, 0.05) is 34.7 Å². The van der Waals surface area contributed by atoms with Gasteiger partial charge in [0.15, 0.2) is 0 Å². The van der Waals surface area contributed by atoms with Crippen molar-refractivity contribution in [1.29, 1.82) is 0 Å². The SMILES string of the molecule is O=C(CN(CCN1CCCC1)C(=O)Nc1ccc(Br)cc1)N(Cc1ccc(F)cc1)Cc1cccs1. The highest BCUT2D eigenvalue weighted by Crippen LogP contribution is 2.17. The Balaban J connectivity index is 1.48. The van der Waals surface area contributed by atoms with Crippen LogP contribution >= 0.6 is 27.3 Å². The number of hydrogen-bond donors (Lipinski definition) is 1. The monoisotopic (exact) mass is 572 g/mol. The van der Waals surface area contributed by atoms with Crippen LogP contribution in [0.15, 0.2) is 70.5 Å². The van der Waals surface area contributed by atoms with Crippen molar-refractivity contribution in [2.24, 2.45) is 0 Å². The van der Waals surface area contributed by atoms with Gasteiger partial charge in [-0.3, -0.25) is 4.79 Å². The summed E-state index contributed by atoms with van der Waals surface area (Å²) in [6, 6.07) is 17.2. The number of urea groups is 1. The fraction of sp³-hybridized carbons (Fsp3) is 0.333. The Labute approximate surface area is 223 Å². The van der Waals surface area contributed by atoms with Crippen LogP contribution in [0.3, 0.4) is 0 Å². The third-order valence-corrected chi connectivity index (χ3v) is 7.55. The number of anilines is 1. The van der Waals surface area contributed by atoms with Gasteiger partial charge >= 0.3 is 6.03 Å². The van der Waals surface area contributed by atoms with Crippen LogP contribution in [0.4, 0.5) is 14.9 Å². The minimum absolute atomic E-state index is 0.0389. The number of carbonyl (C=O) groups excluding carboxylic acids is 2. The zero-order valence-corrected chi connectivity index (χ0v) is 22.4. The summed E-state index contributed by atoms with van der Waals surface area (Å²) in [7, 11) is 0. The second-order valence-corrected chi connectivity index (χ2v) is 10.8. The highest BCUT2D eigenvalue weighted by atomic mass is 79.9. The standard InChI is InChI=1S/C27H30BrFN4O2S/c28-22-7-11-24(12-8-22)30-27(35)32(16-15-31-13-1-2-14-31)20-26(34)33(19-25-4-3-17-36-25)18-21-5-9-23(29)10-6-21/h3-12,17H,1-2,13-16,18-20H2,(H,30,35). The Morgan fingerprint density at radius 2 is 1.69 bits per heavy atom. The van der Waals surface area contributed by atoms with E-state index < -0.39 is 0 Å². The van der Waals surface area contributed by atoms with Crippen LogP contribution in [-0.2, 0) is 17.9 Å². The van der Waals surface area contributed by atoms with Crippen LogP contribution in [0.2, 0.25) is 0 Å². The molecule has 3 aromatic rings. The molecule has 0 unspecified atom stereocenters. The van der Waals surface area contributed by atoms with E-state index in [-0.39, 0.29) is 24.3 Å². The summed E-state index contributed by atoms with van der Waals surface area (Å²) in [5, 5.41) is 4.90. The normalized spacial score (nSPS) is 13.5. The van der Waals surface area contributed by atoms with Crippen LogP contribution in [0.5, 0.6) is 0 Å². The van der Waals surface area contributed by atoms with E-state index in [2.05, 4.69) is 26.1 Å². The van der Waals surface area contributed by atoms with Gasteiger partial charge in [0.2, 0.25) is 5.91 Å². The molecule has 36 heavy (non-hydrogen) atoms. The number of nitrogens with one attached hydrogen (secondary N) is 1. The molecule has 0 radical (unpaired) electrons. The number of benzene rings is 2. The molecule has 2 heterocycles. The lowest BCUT2D eigenvalue weighted by Gasteiger charge is -2.29. The molecule has 1 aromatic heterocycles. The van der Waals surface area contributed by atoms with Crippen LogP contribution < -0.4 is 5.32 Å². The van der Waals surface area contributed by atoms with Crippen molar-refractivity contribution in [2.75, 3.05) is 38.0 Å². The first-order chi connectivity index (χ1) is 17.5. The second-order valence-electron chi connectivity index (χ2n) is 8.86. The van der Waals surface area contributed by atoms with Crippen LogP contribution in [0, 0.1) is 5.82 Å². The summed E-state index contributed by atoms with van der Waals surface area (Å²) < 4.78 is 14.3. The molecule has 0 bridgehead atoms. The Morgan fingerprint density at radius 3 is 2.36 bits per heavy atom. The van der Waals surface area contributed by atoms with E-state index in [1.165, 1.54) is 12.1 Å². The van der Waals surface area contributed by atoms with Crippen molar-refractivity contribution >= 4 is 44.9 Å². The third kappa shape index (κ3) is 7.88. The average Bonchev–Trinajstić information content (AvgIpc) is 3.58. The summed E-state index contributed by atoms with van der Waals surface area (Å²) in [5.41, 5.74) is 1.51. The van der Waals surface area contributed by atoms with Gasteiger partial charge in [0.1, 0.15) is 12.4 Å². The molecule has 1 aliphatic heterocycles. The molecule has 1 saturated heterocycles. The molecule has 0 aliphatic carbocycles. The molecule has 9 heteroatoms. The zero-order chi connectivity index (χ0) is 25.3. The Bertz CT molecular complexity index is 1120. The lowest BCUT2D eigenvalue weighted by molar-refractivity contribution is -0.133. The highest BCUT2D eigenvalue weighted by Gasteiger charge is 2.23. The Kier molecular flexibility index (Phi) is 9.49. The van der Waals surface area contributed by atoms with Crippen molar-refractivity contribution in [2.45, 2.75) is 25.9 Å². The number of rotatable bonds is 10. The van der Waals surface area contributed by atoms with Crippen LogP contribution in [0.1, 0.15) is 23.3 Å². The summed E-state index contributed by atoms with van der Waals surface area (Å²) >= 11 is 4.99. The molecule has 1 N–H and O–H groups in total. The van der Waals surface area contributed by atoms with Gasteiger partial charge in [0.05, 0.1) is 6.54 Å². The first-order valence-electron chi connectivity index (χ1n) is 12.0. The quantitative estimate of drug-likeness (QED) is 0.333. The molecular formula is C27H30BrFN4O2S. The average molecular weight is 574 g/mol. The van der Waals surface area contributed by atoms with E-state index in [1.807, 2.05) is 41.8 Å². The van der Waals surface area contributed by atoms with Crippen LogP contribution in [-0.4, -0.2) is 59.4 Å². The van der Waals surface area contributed by atoms with E-state index in [4.69, 9.17) is 0 Å². The second kappa shape index (κ2) is 13.0. The number of hydrogen-bond acceptors (Lipinski definition) is 4. The molecule has 3 amide bonds. The maximum Gasteiger partial charge on any atom is 0.322 e. The van der Waals surface area contributed by atoms with Gasteiger partial charge in [-0.05, 0) is 79.3 Å². The highest BCUT2D eigenvalue weighted by molar-refractivity contribution is 9.10. The topological polar surface area (TPSA) is 55.9 Å². The van der Waals surface area contributed by atoms with E-state index >= 15 is 0 Å². The first kappa shape index (κ1) is 26.3. The maximum atomic E-state index is 13.6. The third-order valence-electron chi connectivity index (χ3n) is 6.16. The molecule has 190 valence electrons. The molecule has 6 nitrogen and oxygen atoms in total. The number of amides is 3. The molecule has 2 aromatic carbocycles. The molecular weight excluding hydrogens is 543 g/mol. The number of halogens is 2. The van der Waals surface area contributed by atoms with E-state index in [0.717, 1.165) is 47.4 Å². The van der Waals surface area contributed by atoms with Crippen molar-refractivity contribution in [1.82, 2.24) is 14.7 Å². The predicted octanol–water partition coefficient (Wildman–Crippen LogP) is 5.81. The molecule has 1 aliphatic rings. The predicted molar refractivity (Wildman–Crippen MR) is 145 cm³/mol. The summed E-state index contributed by atoms with van der Waals surface area (Å²) in [5.74, 6) is -0.465. The lowest BCUT2D eigenvalue weighted by atomic mass is 10.2. The number of likely N-dealkylation sites (tertiary alicyclic amines) is 1. The van der Waals surface area contributed by atoms with Gasteiger partial charge in [-0.2, -0.15) is 0 Å². The number of carbonyl (C=O) groups is 2. The van der Waals surface area contributed by atoms with Gasteiger partial charge in [-0.15, -0.1) is 11.3 Å². The van der Waals surface area contributed by atoms with Gasteiger partial charge < -0.3 is 20.0 Å². The largest absolute Gasteiger partial charge is 0.332 e. The van der Waals surface area contributed by atoms with Gasteiger partial charge in [-0.1, -0.05) is 34.1 Å². The van der Waals surface area contributed by atoms with E-state index in [9.17, 15) is 14.0 Å². The lowest BCUT2D eigenvalue weighted by Crippen LogP contribution is -2.46. The number of thiophene rings is 1. The van der Waals surface area contributed by atoms with Gasteiger partial charge in [0.25, 0.3) is 0 Å². The fourth-order valence-electron chi connectivity index (χ4n) is 4.15.